The molecule has 3 N–H and O–H groups in total. The molecule has 0 spiro atoms. The Hall–Kier alpha value is -2.66. The van der Waals surface area contributed by atoms with Crippen molar-refractivity contribution in [2.45, 2.75) is 13.1 Å². The van der Waals surface area contributed by atoms with Crippen molar-refractivity contribution < 1.29 is 0 Å². The van der Waals surface area contributed by atoms with Crippen LogP contribution in [0.15, 0.2) is 61.1 Å². The molecule has 0 atom stereocenters. The number of aromatic nitrogens is 3. The maximum absolute atomic E-state index is 5.63. The molecule has 5 nitrogen and oxygen atoms in total. The summed E-state index contributed by atoms with van der Waals surface area (Å²) in [6.45, 7) is 1.25. The molecule has 1 aromatic carbocycles. The Balaban J connectivity index is 1.70. The maximum atomic E-state index is 5.63. The van der Waals surface area contributed by atoms with Crippen LogP contribution in [0, 0.1) is 0 Å². The second-order valence-corrected chi connectivity index (χ2v) is 4.79. The normalized spacial score (nSPS) is 10.5. The molecule has 3 aromatic rings. The van der Waals surface area contributed by atoms with Gasteiger partial charge in [0, 0.05) is 18.9 Å². The van der Waals surface area contributed by atoms with E-state index in [0.29, 0.717) is 6.54 Å². The van der Waals surface area contributed by atoms with Crippen molar-refractivity contribution in [3.63, 3.8) is 0 Å². The molecule has 5 heteroatoms. The quantitative estimate of drug-likeness (QED) is 0.753. The molecule has 0 saturated heterocycles. The molecule has 0 radical (unpaired) electrons. The van der Waals surface area contributed by atoms with Gasteiger partial charge in [0.15, 0.2) is 0 Å². The predicted octanol–water partition coefficient (Wildman–Crippen LogP) is 2.53. The van der Waals surface area contributed by atoms with Crippen LogP contribution in [0.2, 0.25) is 0 Å². The highest BCUT2D eigenvalue weighted by Gasteiger charge is 2.01. The van der Waals surface area contributed by atoms with Crippen molar-refractivity contribution in [3.8, 4) is 0 Å². The Bertz CT molecular complexity index is 705. The van der Waals surface area contributed by atoms with Crippen molar-refractivity contribution in [2.24, 2.45) is 5.73 Å². The lowest BCUT2D eigenvalue weighted by Crippen LogP contribution is -2.00. The fraction of sp³-hybridized carbons (Fsp3) is 0.125. The van der Waals surface area contributed by atoms with E-state index in [9.17, 15) is 0 Å². The maximum Gasteiger partial charge on any atom is 0.130 e. The van der Waals surface area contributed by atoms with Gasteiger partial charge in [0.1, 0.15) is 5.82 Å². The van der Waals surface area contributed by atoms with Crippen LogP contribution in [0.5, 0.6) is 0 Å². The molecule has 0 amide bonds. The predicted molar refractivity (Wildman–Crippen MR) is 83.2 cm³/mol. The minimum absolute atomic E-state index is 0.504. The number of hydrogen-bond acceptors (Lipinski definition) is 4. The van der Waals surface area contributed by atoms with E-state index in [1.165, 1.54) is 5.56 Å². The average molecular weight is 279 g/mol. The highest BCUT2D eigenvalue weighted by molar-refractivity contribution is 5.54. The Morgan fingerprint density at radius 2 is 1.95 bits per heavy atom. The van der Waals surface area contributed by atoms with Crippen molar-refractivity contribution in [2.75, 3.05) is 5.32 Å². The third kappa shape index (κ3) is 3.46. The molecule has 0 aliphatic heterocycles. The molecule has 2 heterocycles. The van der Waals surface area contributed by atoms with Gasteiger partial charge in [-0.15, -0.1) is 0 Å². The van der Waals surface area contributed by atoms with Crippen molar-refractivity contribution in [3.05, 3.63) is 72.2 Å². The summed E-state index contributed by atoms with van der Waals surface area (Å²) in [5.41, 5.74) is 8.80. The Morgan fingerprint density at radius 3 is 2.76 bits per heavy atom. The Labute approximate surface area is 123 Å². The van der Waals surface area contributed by atoms with Crippen LogP contribution in [-0.4, -0.2) is 14.8 Å². The molecule has 2 aromatic heterocycles. The molecule has 0 aliphatic carbocycles. The van der Waals surface area contributed by atoms with E-state index < -0.39 is 0 Å². The smallest absolute Gasteiger partial charge is 0.130 e. The van der Waals surface area contributed by atoms with E-state index in [4.69, 9.17) is 5.73 Å². The average Bonchev–Trinajstić information content (AvgIpc) is 2.95. The van der Waals surface area contributed by atoms with Gasteiger partial charge in [-0.05, 0) is 23.3 Å². The van der Waals surface area contributed by atoms with Crippen LogP contribution in [0.25, 0.3) is 0 Å². The van der Waals surface area contributed by atoms with Gasteiger partial charge in [0.25, 0.3) is 0 Å². The SMILES string of the molecule is NCc1ccnc(Nc2cnn(Cc3ccccc3)c2)c1. The lowest BCUT2D eigenvalue weighted by molar-refractivity contribution is 0.687. The van der Waals surface area contributed by atoms with Gasteiger partial charge >= 0.3 is 0 Å². The van der Waals surface area contributed by atoms with E-state index in [2.05, 4.69) is 27.5 Å². The first-order valence-electron chi connectivity index (χ1n) is 6.82. The fourth-order valence-corrected chi connectivity index (χ4v) is 2.10. The van der Waals surface area contributed by atoms with E-state index in [1.807, 2.05) is 41.2 Å². The van der Waals surface area contributed by atoms with Gasteiger partial charge in [0.05, 0.1) is 18.4 Å². The first-order chi connectivity index (χ1) is 10.3. The number of nitrogens with one attached hydrogen (secondary N) is 1. The highest BCUT2D eigenvalue weighted by atomic mass is 15.3. The number of rotatable bonds is 5. The lowest BCUT2D eigenvalue weighted by Gasteiger charge is -2.04. The number of hydrogen-bond donors (Lipinski definition) is 2. The standard InChI is InChI=1S/C16H17N5/c17-9-14-6-7-18-16(8-14)20-15-10-19-21(12-15)11-13-4-2-1-3-5-13/h1-8,10,12H,9,11,17H2,(H,18,20). The number of nitrogens with two attached hydrogens (primary N) is 1. The molecule has 0 aliphatic rings. The molecule has 21 heavy (non-hydrogen) atoms. The zero-order chi connectivity index (χ0) is 14.5. The third-order valence-corrected chi connectivity index (χ3v) is 3.15. The fourth-order valence-electron chi connectivity index (χ4n) is 2.10. The molecule has 106 valence electrons. The van der Waals surface area contributed by atoms with Crippen LogP contribution in [-0.2, 0) is 13.1 Å². The van der Waals surface area contributed by atoms with Gasteiger partial charge in [-0.2, -0.15) is 5.10 Å². The molecule has 0 bridgehead atoms. The zero-order valence-corrected chi connectivity index (χ0v) is 11.6. The Kier molecular flexibility index (Phi) is 3.93. The second-order valence-electron chi connectivity index (χ2n) is 4.79. The van der Waals surface area contributed by atoms with Crippen LogP contribution < -0.4 is 11.1 Å². The summed E-state index contributed by atoms with van der Waals surface area (Å²) in [5.74, 6) is 0.775. The summed E-state index contributed by atoms with van der Waals surface area (Å²) < 4.78 is 1.89. The summed E-state index contributed by atoms with van der Waals surface area (Å²) >= 11 is 0. The second kappa shape index (κ2) is 6.19. The molecule has 0 saturated carbocycles. The minimum Gasteiger partial charge on any atom is -0.338 e. The van der Waals surface area contributed by atoms with Crippen LogP contribution >= 0.6 is 0 Å². The highest BCUT2D eigenvalue weighted by Crippen LogP contribution is 2.15. The van der Waals surface area contributed by atoms with E-state index in [-0.39, 0.29) is 0 Å². The first-order valence-corrected chi connectivity index (χ1v) is 6.82. The van der Waals surface area contributed by atoms with Crippen LogP contribution in [0.3, 0.4) is 0 Å². The third-order valence-electron chi connectivity index (χ3n) is 3.15. The van der Waals surface area contributed by atoms with Crippen molar-refractivity contribution in [1.29, 1.82) is 0 Å². The summed E-state index contributed by atoms with van der Waals surface area (Å²) in [4.78, 5) is 4.27. The minimum atomic E-state index is 0.504. The summed E-state index contributed by atoms with van der Waals surface area (Å²) in [6.07, 6.45) is 5.50. The lowest BCUT2D eigenvalue weighted by atomic mass is 10.2. The Morgan fingerprint density at radius 1 is 1.10 bits per heavy atom. The van der Waals surface area contributed by atoms with E-state index in [1.54, 1.807) is 12.4 Å². The van der Waals surface area contributed by atoms with Crippen LogP contribution in [0.4, 0.5) is 11.5 Å². The molecule has 3 rings (SSSR count). The number of anilines is 2. The van der Waals surface area contributed by atoms with Gasteiger partial charge in [0.2, 0.25) is 0 Å². The summed E-state index contributed by atoms with van der Waals surface area (Å²) in [5, 5.41) is 7.59. The van der Waals surface area contributed by atoms with Gasteiger partial charge in [-0.25, -0.2) is 4.98 Å². The molecule has 0 fully saturated rings. The van der Waals surface area contributed by atoms with Gasteiger partial charge in [-0.1, -0.05) is 30.3 Å². The number of pyridine rings is 1. The topological polar surface area (TPSA) is 68.8 Å². The molecular formula is C16H17N5. The monoisotopic (exact) mass is 279 g/mol. The first kappa shape index (κ1) is 13.3. The van der Waals surface area contributed by atoms with E-state index in [0.717, 1.165) is 23.6 Å². The summed E-state index contributed by atoms with van der Waals surface area (Å²) in [6, 6.07) is 14.1. The van der Waals surface area contributed by atoms with Gasteiger partial charge < -0.3 is 11.1 Å². The van der Waals surface area contributed by atoms with Gasteiger partial charge in [-0.3, -0.25) is 4.68 Å². The molecular weight excluding hydrogens is 262 g/mol. The van der Waals surface area contributed by atoms with Crippen molar-refractivity contribution in [1.82, 2.24) is 14.8 Å². The largest absolute Gasteiger partial charge is 0.338 e. The number of nitrogens with zero attached hydrogens (tertiary/aromatic N) is 3. The zero-order valence-electron chi connectivity index (χ0n) is 11.6. The number of benzene rings is 1. The van der Waals surface area contributed by atoms with Crippen molar-refractivity contribution >= 4 is 11.5 Å². The van der Waals surface area contributed by atoms with E-state index >= 15 is 0 Å². The molecule has 0 unspecified atom stereocenters. The summed E-state index contributed by atoms with van der Waals surface area (Å²) in [7, 11) is 0. The van der Waals surface area contributed by atoms with Crippen LogP contribution in [0.1, 0.15) is 11.1 Å².